The molecule has 1 aromatic rings. The van der Waals surface area contributed by atoms with E-state index < -0.39 is 5.97 Å². The molecular weight excluding hydrogens is 294 g/mol. The molecule has 0 saturated heterocycles. The van der Waals surface area contributed by atoms with Crippen molar-refractivity contribution >= 4 is 11.9 Å². The quantitative estimate of drug-likeness (QED) is 0.661. The number of nitrogens with one attached hydrogen (secondary N) is 1. The molecular formula is C18H21NO4. The van der Waals surface area contributed by atoms with Crippen molar-refractivity contribution in [3.05, 3.63) is 28.8 Å². The second kappa shape index (κ2) is 8.23. The van der Waals surface area contributed by atoms with Gasteiger partial charge in [0, 0.05) is 25.5 Å². The van der Waals surface area contributed by atoms with E-state index in [4.69, 9.17) is 4.74 Å². The van der Waals surface area contributed by atoms with Crippen molar-refractivity contribution in [1.82, 2.24) is 5.32 Å². The summed E-state index contributed by atoms with van der Waals surface area (Å²) in [5.41, 5.74) is 1.78. The van der Waals surface area contributed by atoms with Gasteiger partial charge < -0.3 is 15.2 Å². The number of aromatic carboxylic acids is 1. The smallest absolute Gasteiger partial charge is 0.339 e. The predicted molar refractivity (Wildman–Crippen MR) is 86.6 cm³/mol. The number of carboxylic acid groups (broad SMARTS) is 1. The third-order valence-corrected chi connectivity index (χ3v) is 3.70. The molecule has 5 nitrogen and oxygen atoms in total. The van der Waals surface area contributed by atoms with Gasteiger partial charge in [-0.3, -0.25) is 4.79 Å². The lowest BCUT2D eigenvalue weighted by Crippen LogP contribution is -2.16. The van der Waals surface area contributed by atoms with Crippen LogP contribution in [0.25, 0.3) is 0 Å². The van der Waals surface area contributed by atoms with Gasteiger partial charge in [0.2, 0.25) is 5.91 Å². The van der Waals surface area contributed by atoms with Gasteiger partial charge in [-0.2, -0.15) is 0 Å². The molecule has 1 aliphatic rings. The van der Waals surface area contributed by atoms with Crippen LogP contribution in [0.2, 0.25) is 0 Å². The third-order valence-electron chi connectivity index (χ3n) is 3.70. The minimum Gasteiger partial charge on any atom is -0.492 e. The van der Waals surface area contributed by atoms with Gasteiger partial charge in [0.05, 0.1) is 6.61 Å². The van der Waals surface area contributed by atoms with E-state index in [0.717, 1.165) is 24.8 Å². The number of ether oxygens (including phenoxy) is 1. The number of rotatable bonds is 4. The van der Waals surface area contributed by atoms with E-state index in [0.29, 0.717) is 37.2 Å². The number of hydrogen-bond acceptors (Lipinski definition) is 3. The number of carbonyl (C=O) groups excluding carboxylic acids is 1. The Labute approximate surface area is 136 Å². The van der Waals surface area contributed by atoms with Gasteiger partial charge in [0.25, 0.3) is 0 Å². The van der Waals surface area contributed by atoms with Crippen LogP contribution in [0.1, 0.15) is 53.6 Å². The van der Waals surface area contributed by atoms with Gasteiger partial charge in [-0.15, -0.1) is 0 Å². The van der Waals surface area contributed by atoms with Crippen LogP contribution >= 0.6 is 0 Å². The fraction of sp³-hybridized carbons (Fsp3) is 0.444. The van der Waals surface area contributed by atoms with E-state index >= 15 is 0 Å². The number of amides is 1. The number of aryl methyl sites for hydroxylation is 1. The average molecular weight is 315 g/mol. The first-order valence-electron chi connectivity index (χ1n) is 7.84. The van der Waals surface area contributed by atoms with E-state index in [1.165, 1.54) is 0 Å². The Balaban J connectivity index is 2.14. The summed E-state index contributed by atoms with van der Waals surface area (Å²) in [5, 5.41) is 11.9. The maximum Gasteiger partial charge on any atom is 0.339 e. The fourth-order valence-corrected chi connectivity index (χ4v) is 2.49. The zero-order valence-corrected chi connectivity index (χ0v) is 13.3. The average Bonchev–Trinajstić information content (AvgIpc) is 2.78. The zero-order chi connectivity index (χ0) is 16.7. The Hall–Kier alpha value is -2.48. The number of fused-ring (bicyclic) bond motifs is 1. The third kappa shape index (κ3) is 4.75. The molecule has 0 saturated carbocycles. The van der Waals surface area contributed by atoms with Crippen LogP contribution in [0, 0.1) is 11.8 Å². The van der Waals surface area contributed by atoms with Gasteiger partial charge in [-0.05, 0) is 43.4 Å². The molecule has 0 aliphatic carbocycles. The molecule has 0 aromatic heterocycles. The van der Waals surface area contributed by atoms with Crippen molar-refractivity contribution in [3.8, 4) is 17.6 Å². The zero-order valence-electron chi connectivity index (χ0n) is 13.3. The van der Waals surface area contributed by atoms with Gasteiger partial charge >= 0.3 is 5.97 Å². The Bertz CT molecular complexity index is 655. The fourth-order valence-electron chi connectivity index (χ4n) is 2.49. The first-order chi connectivity index (χ1) is 11.1. The Morgan fingerprint density at radius 2 is 2.17 bits per heavy atom. The summed E-state index contributed by atoms with van der Waals surface area (Å²) < 4.78 is 5.60. The number of benzene rings is 1. The summed E-state index contributed by atoms with van der Waals surface area (Å²) in [6, 6.07) is 3.48. The van der Waals surface area contributed by atoms with E-state index in [9.17, 15) is 14.7 Å². The summed E-state index contributed by atoms with van der Waals surface area (Å²) in [6.45, 7) is 0.553. The van der Waals surface area contributed by atoms with Crippen LogP contribution in [-0.4, -0.2) is 30.6 Å². The number of hydrogen-bond donors (Lipinski definition) is 2. The highest BCUT2D eigenvalue weighted by molar-refractivity contribution is 5.92. The molecule has 23 heavy (non-hydrogen) atoms. The molecule has 1 amide bonds. The van der Waals surface area contributed by atoms with E-state index in [-0.39, 0.29) is 11.5 Å². The summed E-state index contributed by atoms with van der Waals surface area (Å²) >= 11 is 0. The summed E-state index contributed by atoms with van der Waals surface area (Å²) in [7, 11) is 1.61. The molecule has 122 valence electrons. The highest BCUT2D eigenvalue weighted by atomic mass is 16.5. The molecule has 0 spiro atoms. The molecule has 1 aliphatic heterocycles. The first kappa shape index (κ1) is 16.9. The van der Waals surface area contributed by atoms with Crippen molar-refractivity contribution in [3.63, 3.8) is 0 Å². The summed E-state index contributed by atoms with van der Waals surface area (Å²) in [6.07, 6.45) is 4.45. The van der Waals surface area contributed by atoms with Crippen LogP contribution in [0.3, 0.4) is 0 Å². The van der Waals surface area contributed by atoms with E-state index in [1.54, 1.807) is 13.1 Å². The Morgan fingerprint density at radius 1 is 1.35 bits per heavy atom. The molecule has 0 bridgehead atoms. The van der Waals surface area contributed by atoms with Crippen LogP contribution < -0.4 is 10.1 Å². The number of carboxylic acids is 1. The second-order valence-electron chi connectivity index (χ2n) is 5.45. The second-order valence-corrected chi connectivity index (χ2v) is 5.45. The standard InChI is InChI=1S/C18H21NO4/c1-19-16(20)9-4-2-3-7-13-11-14-8-5-6-10-23-17(14)15(12-13)18(21)22/h11-12H,2,4-6,8-10H2,1H3,(H,19,20)(H,21,22). The van der Waals surface area contributed by atoms with Gasteiger partial charge in [0.15, 0.2) is 0 Å². The molecule has 2 N–H and O–H groups in total. The van der Waals surface area contributed by atoms with Crippen molar-refractivity contribution < 1.29 is 19.4 Å². The van der Waals surface area contributed by atoms with E-state index in [2.05, 4.69) is 17.2 Å². The van der Waals surface area contributed by atoms with Crippen LogP contribution in [0.5, 0.6) is 5.75 Å². The maximum absolute atomic E-state index is 11.4. The minimum atomic E-state index is -0.994. The van der Waals surface area contributed by atoms with Crippen molar-refractivity contribution in [2.24, 2.45) is 0 Å². The topological polar surface area (TPSA) is 75.6 Å². The molecule has 1 heterocycles. The van der Waals surface area contributed by atoms with E-state index in [1.807, 2.05) is 6.07 Å². The first-order valence-corrected chi connectivity index (χ1v) is 7.84. The van der Waals surface area contributed by atoms with Crippen molar-refractivity contribution in [2.75, 3.05) is 13.7 Å². The van der Waals surface area contributed by atoms with Crippen LogP contribution in [0.15, 0.2) is 12.1 Å². The van der Waals surface area contributed by atoms with Crippen LogP contribution in [-0.2, 0) is 11.2 Å². The SMILES string of the molecule is CNC(=O)CCCC#Cc1cc2c(c(C(=O)O)c1)OCCCC2. The molecule has 5 heteroatoms. The Morgan fingerprint density at radius 3 is 2.91 bits per heavy atom. The van der Waals surface area contributed by atoms with Gasteiger partial charge in [0.1, 0.15) is 11.3 Å². The normalized spacial score (nSPS) is 12.9. The predicted octanol–water partition coefficient (Wildman–Crippen LogP) is 2.37. The van der Waals surface area contributed by atoms with Crippen LogP contribution in [0.4, 0.5) is 0 Å². The summed E-state index contributed by atoms with van der Waals surface area (Å²) in [4.78, 5) is 22.6. The lowest BCUT2D eigenvalue weighted by atomic mass is 10.0. The largest absolute Gasteiger partial charge is 0.492 e. The summed E-state index contributed by atoms with van der Waals surface area (Å²) in [5.74, 6) is 5.50. The molecule has 2 rings (SSSR count). The molecule has 1 aromatic carbocycles. The molecule has 0 fully saturated rings. The molecule has 0 radical (unpaired) electrons. The molecule has 0 unspecified atom stereocenters. The number of carbonyl (C=O) groups is 2. The lowest BCUT2D eigenvalue weighted by Gasteiger charge is -2.11. The molecule has 0 atom stereocenters. The highest BCUT2D eigenvalue weighted by Gasteiger charge is 2.19. The maximum atomic E-state index is 11.4. The van der Waals surface area contributed by atoms with Crippen molar-refractivity contribution in [1.29, 1.82) is 0 Å². The highest BCUT2D eigenvalue weighted by Crippen LogP contribution is 2.30. The van der Waals surface area contributed by atoms with Gasteiger partial charge in [-0.25, -0.2) is 4.79 Å². The monoisotopic (exact) mass is 315 g/mol. The van der Waals surface area contributed by atoms with Crippen molar-refractivity contribution in [2.45, 2.75) is 38.5 Å². The minimum absolute atomic E-state index is 0.00198. The Kier molecular flexibility index (Phi) is 6.04. The lowest BCUT2D eigenvalue weighted by molar-refractivity contribution is -0.120. The number of unbranched alkanes of at least 4 members (excludes halogenated alkanes) is 1. The van der Waals surface area contributed by atoms with Gasteiger partial charge in [-0.1, -0.05) is 11.8 Å².